The summed E-state index contributed by atoms with van der Waals surface area (Å²) in [4.78, 5) is 10.6. The Hall–Kier alpha value is -1.04. The first-order valence-electron chi connectivity index (χ1n) is 5.70. The van der Waals surface area contributed by atoms with E-state index in [1.165, 1.54) is 24.6 Å². The van der Waals surface area contributed by atoms with Crippen molar-refractivity contribution < 1.29 is 9.90 Å². The summed E-state index contributed by atoms with van der Waals surface area (Å²) in [5.41, 5.74) is -0.0194. The third-order valence-corrected chi connectivity index (χ3v) is 4.19. The first-order valence-corrected chi connectivity index (χ1v) is 6.68. The third kappa shape index (κ3) is 2.46. The number of thioether (sulfide) groups is 1. The van der Waals surface area contributed by atoms with Gasteiger partial charge in [-0.25, -0.2) is 0 Å². The Morgan fingerprint density at radius 3 is 2.71 bits per heavy atom. The third-order valence-electron chi connectivity index (χ3n) is 3.27. The Morgan fingerprint density at radius 1 is 1.53 bits per heavy atom. The number of hydrogen-bond acceptors (Lipinski definition) is 4. The normalized spacial score (nSPS) is 16.2. The average Bonchev–Trinajstić information content (AvgIpc) is 3.00. The highest BCUT2D eigenvalue weighted by Gasteiger charge is 2.41. The number of hydrogen-bond donors (Lipinski definition) is 1. The van der Waals surface area contributed by atoms with Crippen LogP contribution in [0, 0.1) is 12.8 Å². The topological polar surface area (TPSA) is 68.0 Å². The number of carboxylic acids is 1. The van der Waals surface area contributed by atoms with Gasteiger partial charge in [0, 0.05) is 5.54 Å². The molecule has 5 nitrogen and oxygen atoms in total. The van der Waals surface area contributed by atoms with E-state index in [9.17, 15) is 4.79 Å². The molecule has 1 heterocycles. The van der Waals surface area contributed by atoms with Crippen LogP contribution < -0.4 is 0 Å². The van der Waals surface area contributed by atoms with Gasteiger partial charge >= 0.3 is 5.97 Å². The van der Waals surface area contributed by atoms with Crippen molar-refractivity contribution in [2.24, 2.45) is 5.92 Å². The fourth-order valence-corrected chi connectivity index (χ4v) is 3.05. The Labute approximate surface area is 105 Å². The zero-order valence-electron chi connectivity index (χ0n) is 10.3. The van der Waals surface area contributed by atoms with Crippen molar-refractivity contribution >= 4 is 17.7 Å². The summed E-state index contributed by atoms with van der Waals surface area (Å²) in [5, 5.41) is 17.6. The summed E-state index contributed by atoms with van der Waals surface area (Å²) < 4.78 is 2.08. The van der Waals surface area contributed by atoms with Crippen LogP contribution in [-0.4, -0.2) is 31.6 Å². The van der Waals surface area contributed by atoms with Gasteiger partial charge in [0.1, 0.15) is 5.82 Å². The van der Waals surface area contributed by atoms with Gasteiger partial charge in [0.15, 0.2) is 5.16 Å². The van der Waals surface area contributed by atoms with Crippen molar-refractivity contribution in [2.45, 2.75) is 44.3 Å². The van der Waals surface area contributed by atoms with Gasteiger partial charge in [0.25, 0.3) is 0 Å². The van der Waals surface area contributed by atoms with Gasteiger partial charge in [-0.05, 0) is 39.5 Å². The van der Waals surface area contributed by atoms with E-state index in [2.05, 4.69) is 28.6 Å². The molecule has 0 amide bonds. The van der Waals surface area contributed by atoms with Gasteiger partial charge in [-0.3, -0.25) is 4.79 Å². The SMILES string of the molecule is Cc1nnc(SCC(=O)O)n1C(C)(C)C1CC1. The smallest absolute Gasteiger partial charge is 0.313 e. The maximum atomic E-state index is 10.6. The maximum Gasteiger partial charge on any atom is 0.313 e. The first kappa shape index (κ1) is 12.4. The molecule has 0 bridgehead atoms. The fourth-order valence-electron chi connectivity index (χ4n) is 2.20. The summed E-state index contributed by atoms with van der Waals surface area (Å²) in [7, 11) is 0. The Balaban J connectivity index is 2.25. The van der Waals surface area contributed by atoms with E-state index in [1.807, 2.05) is 6.92 Å². The van der Waals surface area contributed by atoms with Crippen molar-refractivity contribution in [1.29, 1.82) is 0 Å². The highest BCUT2D eigenvalue weighted by atomic mass is 32.2. The van der Waals surface area contributed by atoms with Crippen LogP contribution in [0.3, 0.4) is 0 Å². The molecular formula is C11H17N3O2S. The van der Waals surface area contributed by atoms with Crippen LogP contribution in [0.15, 0.2) is 5.16 Å². The zero-order chi connectivity index (χ0) is 12.6. The van der Waals surface area contributed by atoms with Gasteiger partial charge in [-0.2, -0.15) is 0 Å². The second-order valence-corrected chi connectivity index (χ2v) is 5.92. The molecule has 1 aliphatic rings. The molecule has 0 aromatic carbocycles. The molecule has 0 aliphatic heterocycles. The molecule has 1 aromatic rings. The lowest BCUT2D eigenvalue weighted by Crippen LogP contribution is -2.30. The molecule has 94 valence electrons. The van der Waals surface area contributed by atoms with E-state index in [-0.39, 0.29) is 11.3 Å². The van der Waals surface area contributed by atoms with Crippen LogP contribution in [-0.2, 0) is 10.3 Å². The molecule has 1 aromatic heterocycles. The van der Waals surface area contributed by atoms with E-state index < -0.39 is 5.97 Å². The van der Waals surface area contributed by atoms with Crippen LogP contribution in [0.25, 0.3) is 0 Å². The molecule has 0 radical (unpaired) electrons. The monoisotopic (exact) mass is 255 g/mol. The maximum absolute atomic E-state index is 10.6. The molecule has 1 fully saturated rings. The van der Waals surface area contributed by atoms with E-state index in [4.69, 9.17) is 5.11 Å². The number of carboxylic acid groups (broad SMARTS) is 1. The highest BCUT2D eigenvalue weighted by Crippen LogP contribution is 2.45. The van der Waals surface area contributed by atoms with Gasteiger partial charge in [0.05, 0.1) is 5.75 Å². The Kier molecular flexibility index (Phi) is 3.16. The quantitative estimate of drug-likeness (QED) is 0.814. The number of aryl methyl sites for hydroxylation is 1. The summed E-state index contributed by atoms with van der Waals surface area (Å²) in [6, 6.07) is 0. The standard InChI is InChI=1S/C11H17N3O2S/c1-7-12-13-10(17-6-9(15)16)14(7)11(2,3)8-4-5-8/h8H,4-6H2,1-3H3,(H,15,16). The largest absolute Gasteiger partial charge is 0.481 e. The molecule has 1 saturated carbocycles. The Morgan fingerprint density at radius 2 is 2.18 bits per heavy atom. The predicted octanol–water partition coefficient (Wildman–Crippen LogP) is 1.91. The Bertz CT molecular complexity index is 438. The van der Waals surface area contributed by atoms with Crippen molar-refractivity contribution in [3.05, 3.63) is 5.82 Å². The zero-order valence-corrected chi connectivity index (χ0v) is 11.1. The van der Waals surface area contributed by atoms with Crippen LogP contribution in [0.5, 0.6) is 0 Å². The van der Waals surface area contributed by atoms with Crippen LogP contribution in [0.1, 0.15) is 32.5 Å². The molecule has 0 saturated heterocycles. The molecular weight excluding hydrogens is 238 g/mol. The van der Waals surface area contributed by atoms with Gasteiger partial charge in [-0.1, -0.05) is 11.8 Å². The summed E-state index contributed by atoms with van der Waals surface area (Å²) in [5.74, 6) is 0.710. The van der Waals surface area contributed by atoms with E-state index in [0.717, 1.165) is 5.82 Å². The second kappa shape index (κ2) is 4.33. The summed E-state index contributed by atoms with van der Waals surface area (Å²) in [6.45, 7) is 6.26. The number of nitrogens with zero attached hydrogens (tertiary/aromatic N) is 3. The molecule has 0 unspecified atom stereocenters. The lowest BCUT2D eigenvalue weighted by atomic mass is 9.98. The van der Waals surface area contributed by atoms with Crippen LogP contribution in [0.2, 0.25) is 0 Å². The van der Waals surface area contributed by atoms with Crippen molar-refractivity contribution in [1.82, 2.24) is 14.8 Å². The number of rotatable bonds is 5. The lowest BCUT2D eigenvalue weighted by molar-refractivity contribution is -0.133. The second-order valence-electron chi connectivity index (χ2n) is 4.98. The van der Waals surface area contributed by atoms with E-state index >= 15 is 0 Å². The number of carbonyl (C=O) groups is 1. The van der Waals surface area contributed by atoms with Crippen molar-refractivity contribution in [3.8, 4) is 0 Å². The van der Waals surface area contributed by atoms with Crippen LogP contribution in [0.4, 0.5) is 0 Å². The molecule has 6 heteroatoms. The van der Waals surface area contributed by atoms with Crippen LogP contribution >= 0.6 is 11.8 Å². The summed E-state index contributed by atoms with van der Waals surface area (Å²) >= 11 is 1.24. The average molecular weight is 255 g/mol. The van der Waals surface area contributed by atoms with Crippen molar-refractivity contribution in [2.75, 3.05) is 5.75 Å². The predicted molar refractivity (Wildman–Crippen MR) is 65.2 cm³/mol. The molecule has 0 spiro atoms. The molecule has 0 atom stereocenters. The summed E-state index contributed by atoms with van der Waals surface area (Å²) in [6.07, 6.45) is 2.46. The molecule has 1 aliphatic carbocycles. The van der Waals surface area contributed by atoms with Gasteiger partial charge in [0.2, 0.25) is 0 Å². The lowest BCUT2D eigenvalue weighted by Gasteiger charge is -2.28. The fraction of sp³-hybridized carbons (Fsp3) is 0.727. The minimum absolute atomic E-state index is 0.0194. The van der Waals surface area contributed by atoms with Gasteiger partial charge < -0.3 is 9.67 Å². The highest BCUT2D eigenvalue weighted by molar-refractivity contribution is 7.99. The van der Waals surface area contributed by atoms with Crippen molar-refractivity contribution in [3.63, 3.8) is 0 Å². The minimum Gasteiger partial charge on any atom is -0.481 e. The minimum atomic E-state index is -0.827. The van der Waals surface area contributed by atoms with E-state index in [0.29, 0.717) is 11.1 Å². The van der Waals surface area contributed by atoms with E-state index in [1.54, 1.807) is 0 Å². The number of aromatic nitrogens is 3. The molecule has 1 N–H and O–H groups in total. The first-order chi connectivity index (χ1) is 7.93. The van der Waals surface area contributed by atoms with Gasteiger partial charge in [-0.15, -0.1) is 10.2 Å². The molecule has 2 rings (SSSR count). The number of aliphatic carboxylic acids is 1. The molecule has 17 heavy (non-hydrogen) atoms.